The molecule has 0 radical (unpaired) electrons. The highest BCUT2D eigenvalue weighted by Crippen LogP contribution is 2.32. The number of nitrogens with zero attached hydrogens (tertiary/aromatic N) is 1. The van der Waals surface area contributed by atoms with Crippen molar-refractivity contribution in [3.63, 3.8) is 0 Å². The van der Waals surface area contributed by atoms with E-state index in [1.54, 1.807) is 0 Å². The van der Waals surface area contributed by atoms with Crippen LogP contribution in [0.25, 0.3) is 0 Å². The fourth-order valence-electron chi connectivity index (χ4n) is 1.97. The van der Waals surface area contributed by atoms with Crippen LogP contribution in [0.1, 0.15) is 26.2 Å². The van der Waals surface area contributed by atoms with Crippen molar-refractivity contribution in [3.05, 3.63) is 29.0 Å². The maximum absolute atomic E-state index is 13.8. The maximum atomic E-state index is 13.8. The summed E-state index contributed by atoms with van der Waals surface area (Å²) in [4.78, 5) is -0.286. The van der Waals surface area contributed by atoms with Crippen LogP contribution >= 0.6 is 11.6 Å². The van der Waals surface area contributed by atoms with Gasteiger partial charge in [0.1, 0.15) is 10.7 Å². The zero-order valence-electron chi connectivity index (χ0n) is 10.8. The molecule has 0 N–H and O–H groups in total. The molecule has 19 heavy (non-hydrogen) atoms. The van der Waals surface area contributed by atoms with Gasteiger partial charge in [0.05, 0.1) is 0 Å². The van der Waals surface area contributed by atoms with Crippen LogP contribution in [-0.2, 0) is 10.0 Å². The third-order valence-electron chi connectivity index (χ3n) is 3.14. The van der Waals surface area contributed by atoms with Crippen LogP contribution in [0.3, 0.4) is 0 Å². The molecule has 0 atom stereocenters. The van der Waals surface area contributed by atoms with Gasteiger partial charge in [-0.15, -0.1) is 0 Å². The predicted octanol–water partition coefficient (Wildman–Crippen LogP) is 3.29. The molecule has 1 aliphatic carbocycles. The van der Waals surface area contributed by atoms with Crippen molar-refractivity contribution in [1.29, 1.82) is 0 Å². The van der Waals surface area contributed by atoms with Crippen LogP contribution < -0.4 is 0 Å². The molecule has 0 saturated heterocycles. The minimum absolute atomic E-state index is 0.195. The second kappa shape index (κ2) is 5.77. The first-order chi connectivity index (χ1) is 8.95. The van der Waals surface area contributed by atoms with Gasteiger partial charge in [-0.1, -0.05) is 18.5 Å². The van der Waals surface area contributed by atoms with E-state index < -0.39 is 15.8 Å². The smallest absolute Gasteiger partial charge is 0.207 e. The normalized spacial score (nSPS) is 16.0. The first-order valence-electron chi connectivity index (χ1n) is 6.40. The summed E-state index contributed by atoms with van der Waals surface area (Å²) < 4.78 is 40.1. The average Bonchev–Trinajstić information content (AvgIpc) is 3.11. The summed E-state index contributed by atoms with van der Waals surface area (Å²) in [5.41, 5.74) is 0. The quantitative estimate of drug-likeness (QED) is 0.809. The summed E-state index contributed by atoms with van der Waals surface area (Å²) in [7, 11) is -3.77. The Hall–Kier alpha value is -0.650. The molecule has 6 heteroatoms. The number of hydrogen-bond acceptors (Lipinski definition) is 2. The Bertz CT molecular complexity index is 558. The van der Waals surface area contributed by atoms with Crippen molar-refractivity contribution in [2.24, 2.45) is 5.92 Å². The van der Waals surface area contributed by atoms with E-state index in [0.29, 0.717) is 25.4 Å². The molecule has 1 aromatic carbocycles. The highest BCUT2D eigenvalue weighted by Gasteiger charge is 2.32. The molecule has 0 heterocycles. The topological polar surface area (TPSA) is 37.4 Å². The highest BCUT2D eigenvalue weighted by molar-refractivity contribution is 7.89. The SMILES string of the molecule is CCCN(CC1CC1)S(=O)(=O)c1ccc(Cl)cc1F. The van der Waals surface area contributed by atoms with Gasteiger partial charge in [0.15, 0.2) is 0 Å². The van der Waals surface area contributed by atoms with E-state index in [9.17, 15) is 12.8 Å². The molecule has 0 bridgehead atoms. The number of benzene rings is 1. The molecule has 1 saturated carbocycles. The van der Waals surface area contributed by atoms with Gasteiger partial charge in [0.2, 0.25) is 10.0 Å². The molecule has 0 aliphatic heterocycles. The van der Waals surface area contributed by atoms with Crippen molar-refractivity contribution >= 4 is 21.6 Å². The molecule has 2 rings (SSSR count). The first-order valence-corrected chi connectivity index (χ1v) is 8.22. The molecule has 3 nitrogen and oxygen atoms in total. The number of halogens is 2. The Morgan fingerprint density at radius 2 is 2.11 bits per heavy atom. The van der Waals surface area contributed by atoms with E-state index in [-0.39, 0.29) is 9.92 Å². The van der Waals surface area contributed by atoms with Crippen molar-refractivity contribution in [2.75, 3.05) is 13.1 Å². The van der Waals surface area contributed by atoms with Gasteiger partial charge in [-0.2, -0.15) is 4.31 Å². The summed E-state index contributed by atoms with van der Waals surface area (Å²) in [6.07, 6.45) is 2.82. The molecule has 106 valence electrons. The van der Waals surface area contributed by atoms with Crippen LogP contribution in [-0.4, -0.2) is 25.8 Å². The van der Waals surface area contributed by atoms with Crippen molar-refractivity contribution < 1.29 is 12.8 Å². The lowest BCUT2D eigenvalue weighted by Crippen LogP contribution is -2.34. The minimum atomic E-state index is -3.77. The van der Waals surface area contributed by atoms with Gasteiger partial charge in [0, 0.05) is 18.1 Å². The zero-order chi connectivity index (χ0) is 14.0. The van der Waals surface area contributed by atoms with Crippen LogP contribution in [0, 0.1) is 11.7 Å². The number of sulfonamides is 1. The van der Waals surface area contributed by atoms with Gasteiger partial charge in [-0.25, -0.2) is 12.8 Å². The van der Waals surface area contributed by atoms with Gasteiger partial charge in [-0.3, -0.25) is 0 Å². The fraction of sp³-hybridized carbons (Fsp3) is 0.538. The Kier molecular flexibility index (Phi) is 4.48. The molecule has 1 aliphatic rings. The van der Waals surface area contributed by atoms with Crippen molar-refractivity contribution in [3.8, 4) is 0 Å². The van der Waals surface area contributed by atoms with Crippen LogP contribution in [0.5, 0.6) is 0 Å². The molecule has 0 amide bonds. The highest BCUT2D eigenvalue weighted by atomic mass is 35.5. The summed E-state index contributed by atoms with van der Waals surface area (Å²) in [5.74, 6) is -0.360. The predicted molar refractivity (Wildman–Crippen MR) is 73.2 cm³/mol. The average molecular weight is 306 g/mol. The van der Waals surface area contributed by atoms with Gasteiger partial charge >= 0.3 is 0 Å². The Morgan fingerprint density at radius 3 is 2.63 bits per heavy atom. The molecule has 1 fully saturated rings. The first kappa shape index (κ1) is 14.8. The summed E-state index contributed by atoms with van der Waals surface area (Å²) in [6.45, 7) is 2.81. The van der Waals surface area contributed by atoms with Crippen LogP contribution in [0.2, 0.25) is 5.02 Å². The lowest BCUT2D eigenvalue weighted by Gasteiger charge is -2.21. The van der Waals surface area contributed by atoms with E-state index in [1.807, 2.05) is 6.92 Å². The molecular weight excluding hydrogens is 289 g/mol. The molecule has 0 aromatic heterocycles. The van der Waals surface area contributed by atoms with Crippen LogP contribution in [0.4, 0.5) is 4.39 Å². The third-order valence-corrected chi connectivity index (χ3v) is 5.28. The Balaban J connectivity index is 2.31. The van der Waals surface area contributed by atoms with Gasteiger partial charge in [-0.05, 0) is 43.4 Å². The fourth-order valence-corrected chi connectivity index (χ4v) is 3.78. The second-order valence-electron chi connectivity index (χ2n) is 4.88. The number of hydrogen-bond donors (Lipinski definition) is 0. The monoisotopic (exact) mass is 305 g/mol. The zero-order valence-corrected chi connectivity index (χ0v) is 12.3. The van der Waals surface area contributed by atoms with Crippen LogP contribution in [0.15, 0.2) is 23.1 Å². The Morgan fingerprint density at radius 1 is 1.42 bits per heavy atom. The lowest BCUT2D eigenvalue weighted by atomic mass is 10.3. The van der Waals surface area contributed by atoms with E-state index in [2.05, 4.69) is 0 Å². The minimum Gasteiger partial charge on any atom is -0.207 e. The summed E-state index contributed by atoms with van der Waals surface area (Å²) >= 11 is 5.65. The molecule has 0 unspecified atom stereocenters. The summed E-state index contributed by atoms with van der Waals surface area (Å²) in [6, 6.07) is 3.68. The van der Waals surface area contributed by atoms with Gasteiger partial charge < -0.3 is 0 Å². The van der Waals surface area contributed by atoms with E-state index in [4.69, 9.17) is 11.6 Å². The number of rotatable bonds is 6. The van der Waals surface area contributed by atoms with Crippen molar-refractivity contribution in [2.45, 2.75) is 31.1 Å². The van der Waals surface area contributed by atoms with E-state index in [1.165, 1.54) is 16.4 Å². The van der Waals surface area contributed by atoms with Crippen molar-refractivity contribution in [1.82, 2.24) is 4.31 Å². The molecule has 0 spiro atoms. The maximum Gasteiger partial charge on any atom is 0.245 e. The summed E-state index contributed by atoms with van der Waals surface area (Å²) in [5, 5.41) is 0.195. The largest absolute Gasteiger partial charge is 0.245 e. The van der Waals surface area contributed by atoms with Gasteiger partial charge in [0.25, 0.3) is 0 Å². The standard InChI is InChI=1S/C13H17ClFNO2S/c1-2-7-16(9-10-3-4-10)19(17,18)13-6-5-11(14)8-12(13)15/h5-6,8,10H,2-4,7,9H2,1H3. The van der Waals surface area contributed by atoms with E-state index in [0.717, 1.165) is 18.9 Å². The lowest BCUT2D eigenvalue weighted by molar-refractivity contribution is 0.393. The molecular formula is C13H17ClFNO2S. The molecule has 1 aromatic rings. The Labute approximate surface area is 118 Å². The van der Waals surface area contributed by atoms with E-state index >= 15 is 0 Å². The second-order valence-corrected chi connectivity index (χ2v) is 7.22. The third kappa shape index (κ3) is 3.46.